The number of nitrogens with one attached hydrogen (secondary N) is 1. The summed E-state index contributed by atoms with van der Waals surface area (Å²) in [6, 6.07) is 12.0. The van der Waals surface area contributed by atoms with Crippen molar-refractivity contribution in [1.29, 1.82) is 0 Å². The number of hydrogen-bond donors (Lipinski definition) is 1. The maximum absolute atomic E-state index is 12.6. The summed E-state index contributed by atoms with van der Waals surface area (Å²) in [5.74, 6) is 1.79. The van der Waals surface area contributed by atoms with Crippen LogP contribution in [0.2, 0.25) is 0 Å². The third-order valence-electron chi connectivity index (χ3n) is 3.79. The Morgan fingerprint density at radius 3 is 2.42 bits per heavy atom. The Balaban J connectivity index is 1.68. The molecule has 140 valence electrons. The molecule has 1 heterocycles. The zero-order valence-corrected chi connectivity index (χ0v) is 15.7. The Morgan fingerprint density at radius 2 is 1.73 bits per heavy atom. The molecule has 2 aromatic carbocycles. The molecule has 0 fully saturated rings. The van der Waals surface area contributed by atoms with Crippen LogP contribution in [-0.2, 0) is 16.6 Å². The molecule has 0 spiro atoms. The molecule has 3 rings (SSSR count). The quantitative estimate of drug-likeness (QED) is 0.837. The third kappa shape index (κ3) is 4.68. The lowest BCUT2D eigenvalue weighted by Crippen LogP contribution is -2.23. The zero-order valence-electron chi connectivity index (χ0n) is 14.9. The fourth-order valence-corrected chi connectivity index (χ4v) is 3.56. The molecule has 0 radical (unpaired) electrons. The SMILES string of the molecule is CC(C)Oc1ccc(CNS(=O)(=O)c2ccc3c(c2)OCCCO3)cc1. The molecule has 0 saturated heterocycles. The van der Waals surface area contributed by atoms with Crippen LogP contribution in [0.15, 0.2) is 47.4 Å². The van der Waals surface area contributed by atoms with Gasteiger partial charge in [0.15, 0.2) is 11.5 Å². The van der Waals surface area contributed by atoms with Crippen molar-refractivity contribution in [3.63, 3.8) is 0 Å². The maximum atomic E-state index is 12.6. The lowest BCUT2D eigenvalue weighted by atomic mass is 10.2. The smallest absolute Gasteiger partial charge is 0.241 e. The Bertz CT molecular complexity index is 847. The fraction of sp³-hybridized carbons (Fsp3) is 0.368. The first-order valence-electron chi connectivity index (χ1n) is 8.59. The Labute approximate surface area is 154 Å². The lowest BCUT2D eigenvalue weighted by molar-refractivity contribution is 0.242. The highest BCUT2D eigenvalue weighted by Gasteiger charge is 2.18. The van der Waals surface area contributed by atoms with E-state index in [1.54, 1.807) is 6.07 Å². The minimum atomic E-state index is -3.65. The van der Waals surface area contributed by atoms with Gasteiger partial charge in [0.2, 0.25) is 10.0 Å². The lowest BCUT2D eigenvalue weighted by Gasteiger charge is -2.12. The van der Waals surface area contributed by atoms with Gasteiger partial charge in [0.1, 0.15) is 5.75 Å². The van der Waals surface area contributed by atoms with Crippen molar-refractivity contribution in [3.05, 3.63) is 48.0 Å². The van der Waals surface area contributed by atoms with Crippen LogP contribution in [-0.4, -0.2) is 27.7 Å². The Kier molecular flexibility index (Phi) is 5.68. The average molecular weight is 377 g/mol. The van der Waals surface area contributed by atoms with E-state index in [1.165, 1.54) is 12.1 Å². The van der Waals surface area contributed by atoms with Crippen LogP contribution in [0.5, 0.6) is 17.2 Å². The summed E-state index contributed by atoms with van der Waals surface area (Å²) in [6.07, 6.45) is 0.865. The molecule has 0 bridgehead atoms. The van der Waals surface area contributed by atoms with Crippen molar-refractivity contribution in [2.75, 3.05) is 13.2 Å². The predicted molar refractivity (Wildman–Crippen MR) is 98.3 cm³/mol. The van der Waals surface area contributed by atoms with Gasteiger partial charge in [-0.2, -0.15) is 0 Å². The molecule has 1 aliphatic heterocycles. The normalized spacial score (nSPS) is 14.1. The van der Waals surface area contributed by atoms with Gasteiger partial charge in [-0.3, -0.25) is 0 Å². The number of benzene rings is 2. The molecular weight excluding hydrogens is 354 g/mol. The second kappa shape index (κ2) is 7.97. The molecule has 1 aliphatic rings. The number of fused-ring (bicyclic) bond motifs is 1. The molecule has 6 nitrogen and oxygen atoms in total. The van der Waals surface area contributed by atoms with Gasteiger partial charge >= 0.3 is 0 Å². The monoisotopic (exact) mass is 377 g/mol. The highest BCUT2D eigenvalue weighted by molar-refractivity contribution is 7.89. The predicted octanol–water partition coefficient (Wildman–Crippen LogP) is 3.11. The molecule has 0 amide bonds. The molecule has 1 N–H and O–H groups in total. The van der Waals surface area contributed by atoms with Gasteiger partial charge in [-0.1, -0.05) is 12.1 Å². The van der Waals surface area contributed by atoms with Crippen LogP contribution in [0.3, 0.4) is 0 Å². The van der Waals surface area contributed by atoms with Crippen molar-refractivity contribution in [2.45, 2.75) is 37.8 Å². The van der Waals surface area contributed by atoms with Crippen molar-refractivity contribution in [1.82, 2.24) is 4.72 Å². The Hall–Kier alpha value is -2.25. The van der Waals surface area contributed by atoms with E-state index in [-0.39, 0.29) is 17.5 Å². The van der Waals surface area contributed by atoms with E-state index < -0.39 is 10.0 Å². The van der Waals surface area contributed by atoms with Crippen molar-refractivity contribution >= 4 is 10.0 Å². The summed E-state index contributed by atoms with van der Waals surface area (Å²) in [6.45, 7) is 5.18. The maximum Gasteiger partial charge on any atom is 0.241 e. The molecule has 7 heteroatoms. The van der Waals surface area contributed by atoms with Crippen molar-refractivity contribution in [2.24, 2.45) is 0 Å². The topological polar surface area (TPSA) is 73.9 Å². The Morgan fingerprint density at radius 1 is 1.04 bits per heavy atom. The van der Waals surface area contributed by atoms with E-state index in [0.717, 1.165) is 17.7 Å². The largest absolute Gasteiger partial charge is 0.491 e. The minimum absolute atomic E-state index is 0.0961. The molecule has 0 aliphatic carbocycles. The molecule has 0 atom stereocenters. The third-order valence-corrected chi connectivity index (χ3v) is 5.19. The van der Waals surface area contributed by atoms with Gasteiger partial charge in [-0.25, -0.2) is 13.1 Å². The highest BCUT2D eigenvalue weighted by Crippen LogP contribution is 2.31. The molecule has 2 aromatic rings. The molecule has 26 heavy (non-hydrogen) atoms. The van der Waals surface area contributed by atoms with Crippen molar-refractivity contribution < 1.29 is 22.6 Å². The minimum Gasteiger partial charge on any atom is -0.491 e. The van der Waals surface area contributed by atoms with Crippen molar-refractivity contribution in [3.8, 4) is 17.2 Å². The van der Waals surface area contributed by atoms with Gasteiger partial charge in [-0.05, 0) is 43.7 Å². The highest BCUT2D eigenvalue weighted by atomic mass is 32.2. The number of ether oxygens (including phenoxy) is 3. The first-order chi connectivity index (χ1) is 12.4. The zero-order chi connectivity index (χ0) is 18.6. The van der Waals surface area contributed by atoms with Crippen LogP contribution < -0.4 is 18.9 Å². The average Bonchev–Trinajstić information content (AvgIpc) is 2.85. The van der Waals surface area contributed by atoms with Crippen LogP contribution in [0.1, 0.15) is 25.8 Å². The summed E-state index contributed by atoms with van der Waals surface area (Å²) < 4.78 is 44.4. The second-order valence-corrected chi connectivity index (χ2v) is 8.06. The molecule has 0 saturated carbocycles. The first kappa shape index (κ1) is 18.5. The van der Waals surface area contributed by atoms with Gasteiger partial charge in [-0.15, -0.1) is 0 Å². The molecular formula is C19H23NO5S. The van der Waals surface area contributed by atoms with Crippen LogP contribution in [0.4, 0.5) is 0 Å². The molecule has 0 aromatic heterocycles. The van der Waals surface area contributed by atoms with E-state index in [9.17, 15) is 8.42 Å². The van der Waals surface area contributed by atoms with E-state index in [2.05, 4.69) is 4.72 Å². The number of rotatable bonds is 6. The number of hydrogen-bond acceptors (Lipinski definition) is 5. The van der Waals surface area contributed by atoms with E-state index in [1.807, 2.05) is 38.1 Å². The van der Waals surface area contributed by atoms with Gasteiger partial charge < -0.3 is 14.2 Å². The summed E-state index contributed by atoms with van der Waals surface area (Å²) in [4.78, 5) is 0.154. The fourth-order valence-electron chi connectivity index (χ4n) is 2.53. The summed E-state index contributed by atoms with van der Waals surface area (Å²) in [5.41, 5.74) is 0.846. The standard InChI is InChI=1S/C19H23NO5S/c1-14(2)25-16-6-4-15(5-7-16)13-20-26(21,22)17-8-9-18-19(12-17)24-11-3-10-23-18/h4-9,12,14,20H,3,10-11,13H2,1-2H3. The first-order valence-corrected chi connectivity index (χ1v) is 10.1. The van der Waals surface area contributed by atoms with Gasteiger partial charge in [0.25, 0.3) is 0 Å². The van der Waals surface area contributed by atoms with Crippen LogP contribution in [0.25, 0.3) is 0 Å². The summed E-state index contributed by atoms with van der Waals surface area (Å²) >= 11 is 0. The van der Waals surface area contributed by atoms with Gasteiger partial charge in [0, 0.05) is 19.0 Å². The van der Waals surface area contributed by atoms with E-state index >= 15 is 0 Å². The second-order valence-electron chi connectivity index (χ2n) is 6.29. The number of sulfonamides is 1. The summed E-state index contributed by atoms with van der Waals surface area (Å²) in [5, 5.41) is 0. The molecule has 0 unspecified atom stereocenters. The van der Waals surface area contributed by atoms with Crippen LogP contribution >= 0.6 is 0 Å². The van der Waals surface area contributed by atoms with E-state index in [0.29, 0.717) is 24.7 Å². The summed E-state index contributed by atoms with van der Waals surface area (Å²) in [7, 11) is -3.65. The van der Waals surface area contributed by atoms with Gasteiger partial charge in [0.05, 0.1) is 24.2 Å². The van der Waals surface area contributed by atoms with E-state index in [4.69, 9.17) is 14.2 Å². The van der Waals surface area contributed by atoms with Crippen LogP contribution in [0, 0.1) is 0 Å².